The van der Waals surface area contributed by atoms with E-state index in [1.165, 1.54) is 0 Å². The number of para-hydroxylation sites is 1. The Morgan fingerprint density at radius 3 is 2.52 bits per heavy atom. The number of benzene rings is 2. The number of anilines is 2. The van der Waals surface area contributed by atoms with Crippen molar-refractivity contribution in [1.29, 1.82) is 0 Å². The van der Waals surface area contributed by atoms with Crippen LogP contribution in [0.3, 0.4) is 0 Å². The number of hydrogen-bond acceptors (Lipinski definition) is 4. The molecular formula is C15H18N2O3S. The molecule has 112 valence electrons. The molecular weight excluding hydrogens is 288 g/mol. The van der Waals surface area contributed by atoms with Gasteiger partial charge >= 0.3 is 0 Å². The zero-order valence-electron chi connectivity index (χ0n) is 12.0. The van der Waals surface area contributed by atoms with Gasteiger partial charge in [-0.2, -0.15) is 0 Å². The van der Waals surface area contributed by atoms with Crippen molar-refractivity contribution in [2.24, 2.45) is 0 Å². The van der Waals surface area contributed by atoms with Crippen LogP contribution in [0.15, 0.2) is 42.5 Å². The van der Waals surface area contributed by atoms with E-state index < -0.39 is 10.0 Å². The maximum Gasteiger partial charge on any atom is 0.237 e. The zero-order valence-corrected chi connectivity index (χ0v) is 12.8. The summed E-state index contributed by atoms with van der Waals surface area (Å²) < 4.78 is 32.1. The smallest absolute Gasteiger partial charge is 0.237 e. The summed E-state index contributed by atoms with van der Waals surface area (Å²) in [4.78, 5) is 0. The molecule has 0 unspecified atom stereocenters. The van der Waals surface area contributed by atoms with Gasteiger partial charge in [0.1, 0.15) is 5.75 Å². The van der Waals surface area contributed by atoms with Gasteiger partial charge in [0.05, 0.1) is 18.6 Å². The zero-order chi connectivity index (χ0) is 15.5. The summed E-state index contributed by atoms with van der Waals surface area (Å²) in [6.07, 6.45) is 0. The maximum absolute atomic E-state index is 12.2. The fourth-order valence-corrected chi connectivity index (χ4v) is 3.26. The van der Waals surface area contributed by atoms with Gasteiger partial charge in [-0.25, -0.2) is 8.42 Å². The number of hydrogen-bond donors (Lipinski definition) is 2. The Hall–Kier alpha value is -2.21. The molecule has 0 atom stereocenters. The minimum absolute atomic E-state index is 0.162. The van der Waals surface area contributed by atoms with E-state index in [4.69, 9.17) is 10.5 Å². The van der Waals surface area contributed by atoms with Crippen molar-refractivity contribution in [2.45, 2.75) is 12.7 Å². The monoisotopic (exact) mass is 306 g/mol. The predicted octanol–water partition coefficient (Wildman–Crippen LogP) is 2.53. The van der Waals surface area contributed by atoms with Crippen molar-refractivity contribution < 1.29 is 13.2 Å². The van der Waals surface area contributed by atoms with E-state index in [2.05, 4.69) is 4.72 Å². The highest BCUT2D eigenvalue weighted by Gasteiger charge is 2.14. The molecule has 0 bridgehead atoms. The average molecular weight is 306 g/mol. The summed E-state index contributed by atoms with van der Waals surface area (Å²) in [6.45, 7) is 1.82. The summed E-state index contributed by atoms with van der Waals surface area (Å²) >= 11 is 0. The molecule has 3 N–H and O–H groups in total. The third kappa shape index (κ3) is 3.88. The SMILES string of the molecule is COc1ccc(NS(=O)(=O)Cc2ccccc2N)c(C)c1. The van der Waals surface area contributed by atoms with E-state index in [9.17, 15) is 8.42 Å². The molecule has 0 saturated carbocycles. The third-order valence-electron chi connectivity index (χ3n) is 3.10. The highest BCUT2D eigenvalue weighted by atomic mass is 32.2. The Labute approximate surface area is 124 Å². The lowest BCUT2D eigenvalue weighted by atomic mass is 10.2. The lowest BCUT2D eigenvalue weighted by molar-refractivity contribution is 0.414. The molecule has 0 aliphatic carbocycles. The van der Waals surface area contributed by atoms with Crippen molar-refractivity contribution >= 4 is 21.4 Å². The predicted molar refractivity (Wildman–Crippen MR) is 84.8 cm³/mol. The van der Waals surface area contributed by atoms with E-state index >= 15 is 0 Å². The molecule has 6 heteroatoms. The van der Waals surface area contributed by atoms with Crippen LogP contribution >= 0.6 is 0 Å². The van der Waals surface area contributed by atoms with E-state index in [0.29, 0.717) is 22.7 Å². The van der Waals surface area contributed by atoms with Gasteiger partial charge in [0, 0.05) is 5.69 Å². The number of sulfonamides is 1. The first kappa shape index (κ1) is 15.2. The van der Waals surface area contributed by atoms with Crippen LogP contribution in [0.25, 0.3) is 0 Å². The first-order valence-electron chi connectivity index (χ1n) is 6.40. The fraction of sp³-hybridized carbons (Fsp3) is 0.200. The number of rotatable bonds is 5. The molecule has 0 aliphatic rings. The van der Waals surface area contributed by atoms with Gasteiger partial charge < -0.3 is 10.5 Å². The maximum atomic E-state index is 12.2. The minimum atomic E-state index is -3.52. The van der Waals surface area contributed by atoms with Crippen LogP contribution in [0.5, 0.6) is 5.75 Å². The molecule has 0 saturated heterocycles. The second kappa shape index (κ2) is 6.05. The molecule has 21 heavy (non-hydrogen) atoms. The fourth-order valence-electron chi connectivity index (χ4n) is 1.95. The van der Waals surface area contributed by atoms with Gasteiger partial charge in [0.25, 0.3) is 0 Å². The molecule has 2 aromatic rings. The van der Waals surface area contributed by atoms with E-state index in [-0.39, 0.29) is 5.75 Å². The lowest BCUT2D eigenvalue weighted by Crippen LogP contribution is -2.16. The first-order chi connectivity index (χ1) is 9.91. The Bertz CT molecular complexity index is 742. The second-order valence-electron chi connectivity index (χ2n) is 4.74. The molecule has 0 radical (unpaired) electrons. The molecule has 0 amide bonds. The van der Waals surface area contributed by atoms with Crippen molar-refractivity contribution in [3.63, 3.8) is 0 Å². The lowest BCUT2D eigenvalue weighted by Gasteiger charge is -2.12. The standard InChI is InChI=1S/C15H18N2O3S/c1-11-9-13(20-2)7-8-15(11)17-21(18,19)10-12-5-3-4-6-14(12)16/h3-9,17H,10,16H2,1-2H3. The Morgan fingerprint density at radius 2 is 1.90 bits per heavy atom. The molecule has 0 aromatic heterocycles. The van der Waals surface area contributed by atoms with Crippen LogP contribution < -0.4 is 15.2 Å². The van der Waals surface area contributed by atoms with Gasteiger partial charge in [-0.15, -0.1) is 0 Å². The Kier molecular flexibility index (Phi) is 4.37. The summed E-state index contributed by atoms with van der Waals surface area (Å²) in [5.41, 5.74) is 8.15. The van der Waals surface area contributed by atoms with Crippen molar-refractivity contribution in [2.75, 3.05) is 17.6 Å². The largest absolute Gasteiger partial charge is 0.497 e. The summed E-state index contributed by atoms with van der Waals surface area (Å²) in [5, 5.41) is 0. The van der Waals surface area contributed by atoms with Crippen LogP contribution in [0.1, 0.15) is 11.1 Å². The summed E-state index contributed by atoms with van der Waals surface area (Å²) in [7, 11) is -1.96. The minimum Gasteiger partial charge on any atom is -0.497 e. The number of nitrogens with two attached hydrogens (primary N) is 1. The van der Waals surface area contributed by atoms with Gasteiger partial charge in [0.2, 0.25) is 10.0 Å². The number of ether oxygens (including phenoxy) is 1. The molecule has 2 rings (SSSR count). The topological polar surface area (TPSA) is 81.4 Å². The van der Waals surface area contributed by atoms with Crippen LogP contribution in [-0.4, -0.2) is 15.5 Å². The van der Waals surface area contributed by atoms with Crippen molar-refractivity contribution in [1.82, 2.24) is 0 Å². The van der Waals surface area contributed by atoms with E-state index in [1.807, 2.05) is 6.92 Å². The number of methoxy groups -OCH3 is 1. The van der Waals surface area contributed by atoms with Crippen LogP contribution in [0, 0.1) is 6.92 Å². The molecule has 5 nitrogen and oxygen atoms in total. The number of nitrogens with one attached hydrogen (secondary N) is 1. The quantitative estimate of drug-likeness (QED) is 0.832. The highest BCUT2D eigenvalue weighted by Crippen LogP contribution is 2.23. The number of aryl methyl sites for hydroxylation is 1. The molecule has 2 aromatic carbocycles. The number of nitrogen functional groups attached to an aromatic ring is 1. The van der Waals surface area contributed by atoms with Gasteiger partial charge in [-0.1, -0.05) is 18.2 Å². The van der Waals surface area contributed by atoms with Crippen LogP contribution in [0.2, 0.25) is 0 Å². The summed E-state index contributed by atoms with van der Waals surface area (Å²) in [6, 6.07) is 12.1. The van der Waals surface area contributed by atoms with Gasteiger partial charge in [0.15, 0.2) is 0 Å². The van der Waals surface area contributed by atoms with Gasteiger partial charge in [-0.05, 0) is 42.3 Å². The molecule has 0 aliphatic heterocycles. The van der Waals surface area contributed by atoms with E-state index in [0.717, 1.165) is 5.56 Å². The average Bonchev–Trinajstić information content (AvgIpc) is 2.43. The van der Waals surface area contributed by atoms with Gasteiger partial charge in [-0.3, -0.25) is 4.72 Å². The van der Waals surface area contributed by atoms with Crippen LogP contribution in [-0.2, 0) is 15.8 Å². The third-order valence-corrected chi connectivity index (χ3v) is 4.32. The van der Waals surface area contributed by atoms with Crippen molar-refractivity contribution in [3.05, 3.63) is 53.6 Å². The summed E-state index contributed by atoms with van der Waals surface area (Å²) in [5.74, 6) is 0.522. The molecule has 0 fully saturated rings. The normalized spacial score (nSPS) is 11.1. The molecule has 0 spiro atoms. The Balaban J connectivity index is 2.20. The van der Waals surface area contributed by atoms with E-state index in [1.54, 1.807) is 49.6 Å². The van der Waals surface area contributed by atoms with Crippen LogP contribution in [0.4, 0.5) is 11.4 Å². The molecule has 0 heterocycles. The highest BCUT2D eigenvalue weighted by molar-refractivity contribution is 7.91. The van der Waals surface area contributed by atoms with Crippen molar-refractivity contribution in [3.8, 4) is 5.75 Å². The second-order valence-corrected chi connectivity index (χ2v) is 6.46. The Morgan fingerprint density at radius 1 is 1.19 bits per heavy atom. The first-order valence-corrected chi connectivity index (χ1v) is 8.05.